The summed E-state index contributed by atoms with van der Waals surface area (Å²) in [4.78, 5) is 12.0. The monoisotopic (exact) mass is 307 g/mol. The number of hydrogen-bond donors (Lipinski definition) is 2. The number of rotatable bonds is 5. The number of aliphatic hydroxyl groups excluding tert-OH is 1. The maximum atomic E-state index is 12.0. The highest BCUT2D eigenvalue weighted by Crippen LogP contribution is 2.18. The number of aliphatic hydroxyl groups is 1. The molecule has 1 fully saturated rings. The molecule has 1 aromatic carbocycles. The van der Waals surface area contributed by atoms with Crippen LogP contribution in [0.2, 0.25) is 0 Å². The maximum Gasteiger partial charge on any atom is 0.230 e. The van der Waals surface area contributed by atoms with Gasteiger partial charge in [-0.1, -0.05) is 49.1 Å². The lowest BCUT2D eigenvalue weighted by Crippen LogP contribution is -2.43. The van der Waals surface area contributed by atoms with Crippen LogP contribution < -0.4 is 5.32 Å². The molecule has 1 aromatic rings. The molecular formula is C17H25NO2S. The van der Waals surface area contributed by atoms with Crippen LogP contribution in [0.25, 0.3) is 0 Å². The van der Waals surface area contributed by atoms with E-state index < -0.39 is 0 Å². The molecule has 2 unspecified atom stereocenters. The minimum atomic E-state index is -0.376. The lowest BCUT2D eigenvalue weighted by atomic mass is 10.1. The van der Waals surface area contributed by atoms with Crippen molar-refractivity contribution in [2.45, 2.75) is 56.9 Å². The fraction of sp³-hybridized carbons (Fsp3) is 0.588. The van der Waals surface area contributed by atoms with Crippen LogP contribution in [-0.4, -0.2) is 28.9 Å². The van der Waals surface area contributed by atoms with Crippen LogP contribution >= 0.6 is 11.8 Å². The van der Waals surface area contributed by atoms with E-state index in [2.05, 4.69) is 36.5 Å². The van der Waals surface area contributed by atoms with Crippen molar-refractivity contribution in [2.24, 2.45) is 0 Å². The molecule has 0 bridgehead atoms. The zero-order valence-corrected chi connectivity index (χ0v) is 13.5. The Bertz CT molecular complexity index is 447. The quantitative estimate of drug-likeness (QED) is 0.822. The van der Waals surface area contributed by atoms with E-state index in [-0.39, 0.29) is 18.1 Å². The second kappa shape index (κ2) is 8.44. The van der Waals surface area contributed by atoms with E-state index in [1.807, 2.05) is 0 Å². The van der Waals surface area contributed by atoms with Gasteiger partial charge in [0.05, 0.1) is 17.9 Å². The normalized spacial score (nSPS) is 22.6. The number of carbonyl (C=O) groups excluding carboxylic acids is 1. The Labute approximate surface area is 131 Å². The summed E-state index contributed by atoms with van der Waals surface area (Å²) in [7, 11) is 0. The molecule has 116 valence electrons. The highest BCUT2D eigenvalue weighted by Gasteiger charge is 2.22. The average Bonchev–Trinajstić information content (AvgIpc) is 2.66. The minimum Gasteiger partial charge on any atom is -0.391 e. The number of aryl methyl sites for hydroxylation is 1. The van der Waals surface area contributed by atoms with Gasteiger partial charge in [-0.3, -0.25) is 4.79 Å². The smallest absolute Gasteiger partial charge is 0.230 e. The summed E-state index contributed by atoms with van der Waals surface area (Å²) < 4.78 is 0. The number of thioether (sulfide) groups is 1. The lowest BCUT2D eigenvalue weighted by Gasteiger charge is -2.21. The number of carbonyl (C=O) groups is 1. The van der Waals surface area contributed by atoms with Gasteiger partial charge in [-0.05, 0) is 25.3 Å². The molecule has 0 radical (unpaired) electrons. The Kier molecular flexibility index (Phi) is 6.58. The Morgan fingerprint density at radius 1 is 1.24 bits per heavy atom. The highest BCUT2D eigenvalue weighted by atomic mass is 32.2. The van der Waals surface area contributed by atoms with Gasteiger partial charge in [-0.25, -0.2) is 0 Å². The molecule has 2 N–H and O–H groups in total. The van der Waals surface area contributed by atoms with E-state index in [9.17, 15) is 9.90 Å². The number of amides is 1. The molecule has 1 saturated carbocycles. The van der Waals surface area contributed by atoms with Crippen molar-refractivity contribution in [3.05, 3.63) is 35.4 Å². The summed E-state index contributed by atoms with van der Waals surface area (Å²) in [5, 5.41) is 13.0. The molecule has 0 heterocycles. The van der Waals surface area contributed by atoms with E-state index in [4.69, 9.17) is 0 Å². The van der Waals surface area contributed by atoms with Gasteiger partial charge in [0.15, 0.2) is 0 Å². The van der Waals surface area contributed by atoms with Crippen LogP contribution in [0.3, 0.4) is 0 Å². The van der Waals surface area contributed by atoms with Gasteiger partial charge in [0.25, 0.3) is 0 Å². The lowest BCUT2D eigenvalue weighted by molar-refractivity contribution is -0.120. The van der Waals surface area contributed by atoms with Crippen LogP contribution in [0.1, 0.15) is 43.2 Å². The first-order chi connectivity index (χ1) is 10.1. The molecule has 1 aliphatic carbocycles. The molecule has 1 aliphatic rings. The summed E-state index contributed by atoms with van der Waals surface area (Å²) in [5.74, 6) is 1.34. The van der Waals surface area contributed by atoms with Crippen LogP contribution in [-0.2, 0) is 10.5 Å². The first-order valence-electron chi connectivity index (χ1n) is 7.76. The minimum absolute atomic E-state index is 0.0399. The standard InChI is InChI=1S/C17H25NO2S/c1-13-7-9-14(10-8-13)11-21-12-17(20)18-15-5-3-2-4-6-16(15)19/h7-10,15-16,19H,2-6,11-12H2,1H3,(H,18,20). The van der Waals surface area contributed by atoms with Crippen molar-refractivity contribution >= 4 is 17.7 Å². The third kappa shape index (κ3) is 5.71. The fourth-order valence-corrected chi connectivity index (χ4v) is 3.45. The zero-order valence-electron chi connectivity index (χ0n) is 12.7. The number of nitrogens with one attached hydrogen (secondary N) is 1. The first-order valence-corrected chi connectivity index (χ1v) is 8.91. The van der Waals surface area contributed by atoms with Gasteiger partial charge >= 0.3 is 0 Å². The topological polar surface area (TPSA) is 49.3 Å². The number of benzene rings is 1. The largest absolute Gasteiger partial charge is 0.391 e. The molecule has 0 saturated heterocycles. The van der Waals surface area contributed by atoms with Gasteiger partial charge < -0.3 is 10.4 Å². The van der Waals surface area contributed by atoms with Crippen molar-refractivity contribution in [1.82, 2.24) is 5.32 Å². The SMILES string of the molecule is Cc1ccc(CSCC(=O)NC2CCCCCC2O)cc1. The van der Waals surface area contributed by atoms with Crippen molar-refractivity contribution in [1.29, 1.82) is 0 Å². The molecule has 0 aromatic heterocycles. The van der Waals surface area contributed by atoms with Crippen LogP contribution in [0.15, 0.2) is 24.3 Å². The van der Waals surface area contributed by atoms with Crippen molar-refractivity contribution in [3.8, 4) is 0 Å². The summed E-state index contributed by atoms with van der Waals surface area (Å²) in [6, 6.07) is 8.35. The van der Waals surface area contributed by atoms with E-state index in [1.165, 1.54) is 11.1 Å². The average molecular weight is 307 g/mol. The van der Waals surface area contributed by atoms with E-state index in [0.29, 0.717) is 5.75 Å². The molecule has 2 rings (SSSR count). The first kappa shape index (κ1) is 16.4. The Balaban J connectivity index is 1.70. The van der Waals surface area contributed by atoms with Crippen LogP contribution in [0.5, 0.6) is 0 Å². The van der Waals surface area contributed by atoms with Crippen LogP contribution in [0, 0.1) is 6.92 Å². The van der Waals surface area contributed by atoms with Crippen molar-refractivity contribution in [3.63, 3.8) is 0 Å². The van der Waals surface area contributed by atoms with Crippen LogP contribution in [0.4, 0.5) is 0 Å². The molecule has 4 heteroatoms. The third-order valence-electron chi connectivity index (χ3n) is 3.95. The third-order valence-corrected chi connectivity index (χ3v) is 4.95. The number of hydrogen-bond acceptors (Lipinski definition) is 3. The molecule has 1 amide bonds. The zero-order chi connectivity index (χ0) is 15.1. The van der Waals surface area contributed by atoms with E-state index >= 15 is 0 Å². The molecule has 2 atom stereocenters. The maximum absolute atomic E-state index is 12.0. The molecule has 0 aliphatic heterocycles. The second-order valence-corrected chi connectivity index (χ2v) is 6.84. The fourth-order valence-electron chi connectivity index (χ4n) is 2.65. The van der Waals surface area contributed by atoms with Gasteiger partial charge in [0.2, 0.25) is 5.91 Å². The summed E-state index contributed by atoms with van der Waals surface area (Å²) >= 11 is 1.62. The van der Waals surface area contributed by atoms with Gasteiger partial charge in [-0.2, -0.15) is 0 Å². The predicted octanol–water partition coefficient (Wildman–Crippen LogP) is 3.04. The molecule has 21 heavy (non-hydrogen) atoms. The second-order valence-electron chi connectivity index (χ2n) is 5.86. The van der Waals surface area contributed by atoms with Gasteiger partial charge in [-0.15, -0.1) is 11.8 Å². The van der Waals surface area contributed by atoms with Crippen molar-refractivity contribution < 1.29 is 9.90 Å². The summed E-state index contributed by atoms with van der Waals surface area (Å²) in [6.07, 6.45) is 4.65. The Morgan fingerprint density at radius 3 is 2.71 bits per heavy atom. The van der Waals surface area contributed by atoms with Crippen molar-refractivity contribution in [2.75, 3.05) is 5.75 Å². The Hall–Kier alpha value is -1.00. The van der Waals surface area contributed by atoms with E-state index in [0.717, 1.165) is 37.9 Å². The predicted molar refractivity (Wildman–Crippen MR) is 88.4 cm³/mol. The van der Waals surface area contributed by atoms with E-state index in [1.54, 1.807) is 11.8 Å². The van der Waals surface area contributed by atoms with Gasteiger partial charge in [0.1, 0.15) is 0 Å². The molecule has 0 spiro atoms. The molecular weight excluding hydrogens is 282 g/mol. The summed E-state index contributed by atoms with van der Waals surface area (Å²) in [5.41, 5.74) is 2.50. The van der Waals surface area contributed by atoms with Gasteiger partial charge in [0, 0.05) is 5.75 Å². The summed E-state index contributed by atoms with van der Waals surface area (Å²) in [6.45, 7) is 2.07. The Morgan fingerprint density at radius 2 is 1.95 bits per heavy atom. The highest BCUT2D eigenvalue weighted by molar-refractivity contribution is 7.99. The molecule has 3 nitrogen and oxygen atoms in total.